The van der Waals surface area contributed by atoms with E-state index >= 15 is 0 Å². The van der Waals surface area contributed by atoms with E-state index in [1.54, 1.807) is 0 Å². The van der Waals surface area contributed by atoms with E-state index in [0.29, 0.717) is 6.54 Å². The zero-order valence-corrected chi connectivity index (χ0v) is 10.5. The summed E-state index contributed by atoms with van der Waals surface area (Å²) in [6.45, 7) is 4.44. The number of nitrogens with one attached hydrogen (secondary N) is 1. The van der Waals surface area contributed by atoms with E-state index in [-0.39, 0.29) is 0 Å². The molecular weight excluding hydrogens is 224 g/mol. The Bertz CT molecular complexity index is 508. The van der Waals surface area contributed by atoms with Crippen LogP contribution in [-0.2, 0) is 10.0 Å². The molecule has 0 bridgehead atoms. The van der Waals surface area contributed by atoms with E-state index in [1.807, 2.05) is 38.1 Å². The van der Waals surface area contributed by atoms with Gasteiger partial charge in [-0.15, -0.1) is 0 Å². The highest BCUT2D eigenvalue weighted by Gasteiger charge is 2.38. The van der Waals surface area contributed by atoms with Crippen molar-refractivity contribution in [1.82, 2.24) is 0 Å². The van der Waals surface area contributed by atoms with Crippen molar-refractivity contribution in [2.45, 2.75) is 19.4 Å². The average Bonchev–Trinajstić information content (AvgIpc) is 2.14. The molecule has 1 heterocycles. The lowest BCUT2D eigenvalue weighted by atomic mass is 10.0. The molecule has 5 heteroatoms. The molecule has 0 unspecified atom stereocenters. The molecule has 0 amide bonds. The highest BCUT2D eigenvalue weighted by Crippen LogP contribution is 2.37. The van der Waals surface area contributed by atoms with Crippen LogP contribution in [0.5, 0.6) is 0 Å². The summed E-state index contributed by atoms with van der Waals surface area (Å²) >= 11 is 0. The monoisotopic (exact) mass is 240 g/mol. The van der Waals surface area contributed by atoms with Crippen LogP contribution in [0.4, 0.5) is 11.4 Å². The van der Waals surface area contributed by atoms with E-state index in [1.165, 1.54) is 10.6 Å². The number of hydrogen-bond acceptors (Lipinski definition) is 3. The molecule has 0 saturated carbocycles. The van der Waals surface area contributed by atoms with Crippen molar-refractivity contribution in [2.75, 3.05) is 22.4 Å². The Morgan fingerprint density at radius 2 is 1.94 bits per heavy atom. The molecule has 1 N–H and O–H groups in total. The first-order valence-corrected chi connectivity index (χ1v) is 7.00. The standard InChI is InChI=1S/C11H16N2O2S/c1-11(2)8-12-9-6-4-5-7-10(9)13(11)16(3,14)15/h4-7,12H,8H2,1-3H3. The van der Waals surface area contributed by atoms with Gasteiger partial charge in [-0.1, -0.05) is 12.1 Å². The normalized spacial score (nSPS) is 18.8. The van der Waals surface area contributed by atoms with Gasteiger partial charge in [0.1, 0.15) is 0 Å². The second-order valence-corrected chi connectivity index (χ2v) is 6.54. The average molecular weight is 240 g/mol. The zero-order chi connectivity index (χ0) is 12.0. The molecule has 0 aromatic heterocycles. The summed E-state index contributed by atoms with van der Waals surface area (Å²) in [7, 11) is -3.25. The van der Waals surface area contributed by atoms with Crippen LogP contribution in [-0.4, -0.2) is 26.8 Å². The fourth-order valence-corrected chi connectivity index (χ4v) is 3.62. The van der Waals surface area contributed by atoms with Crippen LogP contribution in [0.2, 0.25) is 0 Å². The second-order valence-electron chi connectivity index (χ2n) is 4.71. The van der Waals surface area contributed by atoms with E-state index in [0.717, 1.165) is 11.4 Å². The molecule has 1 aliphatic heterocycles. The summed E-state index contributed by atoms with van der Waals surface area (Å²) in [6.07, 6.45) is 1.25. The number of anilines is 2. The molecule has 0 atom stereocenters. The third kappa shape index (κ3) is 1.75. The van der Waals surface area contributed by atoms with Crippen molar-refractivity contribution in [3.63, 3.8) is 0 Å². The van der Waals surface area contributed by atoms with Gasteiger partial charge in [-0.2, -0.15) is 0 Å². The summed E-state index contributed by atoms with van der Waals surface area (Å²) < 4.78 is 25.2. The van der Waals surface area contributed by atoms with Gasteiger partial charge in [0.05, 0.1) is 23.2 Å². The van der Waals surface area contributed by atoms with Crippen LogP contribution < -0.4 is 9.62 Å². The van der Waals surface area contributed by atoms with Gasteiger partial charge in [-0.05, 0) is 26.0 Å². The van der Waals surface area contributed by atoms with Crippen LogP contribution in [0.25, 0.3) is 0 Å². The molecule has 0 saturated heterocycles. The van der Waals surface area contributed by atoms with E-state index in [2.05, 4.69) is 5.32 Å². The summed E-state index contributed by atoms with van der Waals surface area (Å²) in [6, 6.07) is 7.46. The molecule has 2 rings (SSSR count). The Labute approximate surface area is 96.3 Å². The lowest BCUT2D eigenvalue weighted by Gasteiger charge is -2.43. The third-order valence-electron chi connectivity index (χ3n) is 2.72. The van der Waals surface area contributed by atoms with Crippen LogP contribution in [0.1, 0.15) is 13.8 Å². The number of hydrogen-bond donors (Lipinski definition) is 1. The maximum absolute atomic E-state index is 11.9. The van der Waals surface area contributed by atoms with Crippen molar-refractivity contribution in [1.29, 1.82) is 0 Å². The van der Waals surface area contributed by atoms with Gasteiger partial charge in [0.15, 0.2) is 0 Å². The van der Waals surface area contributed by atoms with Crippen LogP contribution in [0.3, 0.4) is 0 Å². The molecule has 1 aromatic rings. The second kappa shape index (κ2) is 3.38. The van der Waals surface area contributed by atoms with Gasteiger partial charge in [0.25, 0.3) is 0 Å². The fourth-order valence-electron chi connectivity index (χ4n) is 2.14. The first-order valence-electron chi connectivity index (χ1n) is 5.16. The maximum Gasteiger partial charge on any atom is 0.232 e. The lowest BCUT2D eigenvalue weighted by molar-refractivity contribution is 0.514. The summed E-state index contributed by atoms with van der Waals surface area (Å²) in [5, 5.41) is 3.25. The summed E-state index contributed by atoms with van der Waals surface area (Å²) in [4.78, 5) is 0. The number of benzene rings is 1. The Hall–Kier alpha value is -1.23. The quantitative estimate of drug-likeness (QED) is 0.812. The molecule has 88 valence electrons. The number of nitrogens with zero attached hydrogens (tertiary/aromatic N) is 1. The van der Waals surface area contributed by atoms with Crippen LogP contribution in [0.15, 0.2) is 24.3 Å². The van der Waals surface area contributed by atoms with Crippen molar-refractivity contribution in [3.05, 3.63) is 24.3 Å². The Kier molecular flexibility index (Phi) is 2.38. The zero-order valence-electron chi connectivity index (χ0n) is 9.69. The van der Waals surface area contributed by atoms with Crippen LogP contribution in [0, 0.1) is 0 Å². The van der Waals surface area contributed by atoms with Gasteiger partial charge in [-0.3, -0.25) is 4.31 Å². The van der Waals surface area contributed by atoms with Gasteiger partial charge in [0, 0.05) is 6.54 Å². The largest absolute Gasteiger partial charge is 0.381 e. The van der Waals surface area contributed by atoms with Crippen LogP contribution >= 0.6 is 0 Å². The summed E-state index contributed by atoms with van der Waals surface area (Å²) in [5.74, 6) is 0. The highest BCUT2D eigenvalue weighted by atomic mass is 32.2. The minimum atomic E-state index is -3.25. The molecule has 0 spiro atoms. The first kappa shape index (κ1) is 11.3. The van der Waals surface area contributed by atoms with Gasteiger partial charge >= 0.3 is 0 Å². The molecule has 0 aliphatic carbocycles. The molecule has 0 radical (unpaired) electrons. The number of sulfonamides is 1. The Morgan fingerprint density at radius 3 is 2.56 bits per heavy atom. The molecular formula is C11H16N2O2S. The van der Waals surface area contributed by atoms with Gasteiger partial charge in [0.2, 0.25) is 10.0 Å². The van der Waals surface area contributed by atoms with E-state index in [9.17, 15) is 8.42 Å². The minimum absolute atomic E-state index is 0.443. The molecule has 1 aromatic carbocycles. The van der Waals surface area contributed by atoms with Gasteiger partial charge < -0.3 is 5.32 Å². The highest BCUT2D eigenvalue weighted by molar-refractivity contribution is 7.92. The van der Waals surface area contributed by atoms with Crippen molar-refractivity contribution in [3.8, 4) is 0 Å². The number of fused-ring (bicyclic) bond motifs is 1. The number of para-hydroxylation sites is 2. The van der Waals surface area contributed by atoms with Crippen molar-refractivity contribution < 1.29 is 8.42 Å². The predicted molar refractivity (Wildman–Crippen MR) is 66.3 cm³/mol. The van der Waals surface area contributed by atoms with Crippen molar-refractivity contribution >= 4 is 21.4 Å². The fraction of sp³-hybridized carbons (Fsp3) is 0.455. The molecule has 0 fully saturated rings. The predicted octanol–water partition coefficient (Wildman–Crippen LogP) is 1.66. The molecule has 1 aliphatic rings. The lowest BCUT2D eigenvalue weighted by Crippen LogP contribution is -2.54. The third-order valence-corrected chi connectivity index (χ3v) is 4.07. The number of rotatable bonds is 1. The van der Waals surface area contributed by atoms with E-state index in [4.69, 9.17) is 0 Å². The first-order chi connectivity index (χ1) is 7.32. The van der Waals surface area contributed by atoms with Gasteiger partial charge in [-0.25, -0.2) is 8.42 Å². The van der Waals surface area contributed by atoms with E-state index < -0.39 is 15.6 Å². The Balaban J connectivity index is 2.63. The maximum atomic E-state index is 11.9. The minimum Gasteiger partial charge on any atom is -0.381 e. The summed E-state index contributed by atoms with van der Waals surface area (Å²) in [5.41, 5.74) is 1.15. The van der Waals surface area contributed by atoms with Crippen molar-refractivity contribution in [2.24, 2.45) is 0 Å². The Morgan fingerprint density at radius 1 is 1.31 bits per heavy atom. The smallest absolute Gasteiger partial charge is 0.232 e. The molecule has 4 nitrogen and oxygen atoms in total. The molecule has 16 heavy (non-hydrogen) atoms. The topological polar surface area (TPSA) is 49.4 Å². The SMILES string of the molecule is CC1(C)CNc2ccccc2N1S(C)(=O)=O.